The minimum absolute atomic E-state index is 0.101. The zero-order chi connectivity index (χ0) is 20.3. The Morgan fingerprint density at radius 3 is 2.45 bits per heavy atom. The van der Waals surface area contributed by atoms with Crippen molar-refractivity contribution in [2.75, 3.05) is 25.5 Å². The highest BCUT2D eigenvalue weighted by molar-refractivity contribution is 9.10. The van der Waals surface area contributed by atoms with Gasteiger partial charge in [0.25, 0.3) is 0 Å². The Morgan fingerprint density at radius 1 is 1.14 bits per heavy atom. The lowest BCUT2D eigenvalue weighted by molar-refractivity contribution is -0.148. The third kappa shape index (κ3) is 3.03. The smallest absolute Gasteiger partial charge is 0.307 e. The number of rotatable bonds is 4. The number of likely N-dealkylation sites (tertiary alicyclic amines) is 1. The molecule has 1 amide bonds. The highest BCUT2D eigenvalue weighted by atomic mass is 79.9. The first-order valence-electron chi connectivity index (χ1n) is 10.8. The molecule has 3 aliphatic carbocycles. The van der Waals surface area contributed by atoms with Crippen molar-refractivity contribution in [3.63, 3.8) is 0 Å². The van der Waals surface area contributed by atoms with Crippen LogP contribution in [0, 0.1) is 40.9 Å². The van der Waals surface area contributed by atoms with Crippen molar-refractivity contribution in [1.82, 2.24) is 9.88 Å². The molecule has 2 bridgehead atoms. The molecule has 1 aromatic rings. The number of aromatic nitrogens is 1. The highest BCUT2D eigenvalue weighted by Gasteiger charge is 2.77. The monoisotopic (exact) mass is 461 g/mol. The van der Waals surface area contributed by atoms with Gasteiger partial charge in [-0.2, -0.15) is 0 Å². The zero-order valence-electron chi connectivity index (χ0n) is 16.7. The van der Waals surface area contributed by atoms with Gasteiger partial charge in [-0.05, 0) is 109 Å². The van der Waals surface area contributed by atoms with E-state index in [4.69, 9.17) is 0 Å². The van der Waals surface area contributed by atoms with Crippen LogP contribution >= 0.6 is 15.9 Å². The molecule has 1 spiro atoms. The summed E-state index contributed by atoms with van der Waals surface area (Å²) in [5.74, 6) is -0.222. The SMILES string of the molecule is CN1CCC(C2CC23[C@@H]2CC[C@H]3[C@@H](C(=O)Nc3ccc(Br)nc3)[C@@H]2C(=O)O)CC1. The van der Waals surface area contributed by atoms with Crippen molar-refractivity contribution in [2.24, 2.45) is 40.9 Å². The summed E-state index contributed by atoms with van der Waals surface area (Å²) in [6.45, 7) is 2.27. The number of amides is 1. The number of carboxylic acids is 1. The van der Waals surface area contributed by atoms with Gasteiger partial charge in [0, 0.05) is 0 Å². The third-order valence-corrected chi connectivity index (χ3v) is 8.91. The molecule has 4 aliphatic rings. The number of pyridine rings is 1. The molecule has 2 N–H and O–H groups in total. The second-order valence-corrected chi connectivity index (χ2v) is 10.4. The number of nitrogens with one attached hydrogen (secondary N) is 1. The molecule has 1 aromatic heterocycles. The molecular weight excluding hydrogens is 434 g/mol. The molecule has 2 heterocycles. The number of nitrogens with zero attached hydrogens (tertiary/aromatic N) is 2. The van der Waals surface area contributed by atoms with Crippen molar-refractivity contribution in [2.45, 2.75) is 32.1 Å². The number of halogens is 1. The second-order valence-electron chi connectivity index (χ2n) is 9.60. The molecule has 4 fully saturated rings. The van der Waals surface area contributed by atoms with Crippen molar-refractivity contribution >= 4 is 33.5 Å². The Balaban J connectivity index is 1.38. The van der Waals surface area contributed by atoms with Crippen LogP contribution in [0.1, 0.15) is 32.1 Å². The molecule has 6 atom stereocenters. The van der Waals surface area contributed by atoms with E-state index in [0.717, 1.165) is 32.4 Å². The van der Waals surface area contributed by atoms with E-state index < -0.39 is 17.8 Å². The van der Waals surface area contributed by atoms with E-state index >= 15 is 0 Å². The molecule has 7 heteroatoms. The summed E-state index contributed by atoms with van der Waals surface area (Å²) in [4.78, 5) is 32.0. The fourth-order valence-corrected chi connectivity index (χ4v) is 7.49. The van der Waals surface area contributed by atoms with Gasteiger partial charge >= 0.3 is 5.97 Å². The van der Waals surface area contributed by atoms with Gasteiger partial charge in [0.15, 0.2) is 0 Å². The number of hydrogen-bond donors (Lipinski definition) is 2. The van der Waals surface area contributed by atoms with Crippen LogP contribution in [0.3, 0.4) is 0 Å². The van der Waals surface area contributed by atoms with Crippen LogP contribution in [0.5, 0.6) is 0 Å². The lowest BCUT2D eigenvalue weighted by Gasteiger charge is -2.31. The summed E-state index contributed by atoms with van der Waals surface area (Å²) in [5.41, 5.74) is 0.727. The molecular formula is C22H28BrN3O3. The molecule has 2 unspecified atom stereocenters. The largest absolute Gasteiger partial charge is 0.481 e. The Labute approximate surface area is 179 Å². The fraction of sp³-hybridized carbons (Fsp3) is 0.682. The number of carbonyl (C=O) groups is 2. The summed E-state index contributed by atoms with van der Waals surface area (Å²) >= 11 is 3.30. The van der Waals surface area contributed by atoms with Crippen LogP contribution in [0.25, 0.3) is 0 Å². The molecule has 3 saturated carbocycles. The Hall–Kier alpha value is -1.47. The first-order chi connectivity index (χ1) is 13.9. The normalized spacial score (nSPS) is 39.0. The van der Waals surface area contributed by atoms with Crippen LogP contribution in [0.15, 0.2) is 22.9 Å². The molecule has 29 heavy (non-hydrogen) atoms. The molecule has 1 aliphatic heterocycles. The van der Waals surface area contributed by atoms with Crippen molar-refractivity contribution < 1.29 is 14.7 Å². The van der Waals surface area contributed by atoms with Crippen LogP contribution in [0.2, 0.25) is 0 Å². The molecule has 6 nitrogen and oxygen atoms in total. The van der Waals surface area contributed by atoms with Crippen molar-refractivity contribution in [3.05, 3.63) is 22.9 Å². The number of piperidine rings is 1. The van der Waals surface area contributed by atoms with E-state index in [-0.39, 0.29) is 23.2 Å². The Bertz CT molecular complexity index is 823. The summed E-state index contributed by atoms with van der Waals surface area (Å²) < 4.78 is 0.705. The molecule has 0 aromatic carbocycles. The minimum Gasteiger partial charge on any atom is -0.481 e. The average Bonchev–Trinajstić information content (AvgIpc) is 3.27. The number of aliphatic carboxylic acids is 1. The number of carbonyl (C=O) groups excluding carboxylic acids is 1. The molecule has 0 radical (unpaired) electrons. The van der Waals surface area contributed by atoms with E-state index in [1.165, 1.54) is 12.8 Å². The van der Waals surface area contributed by atoms with Crippen LogP contribution in [-0.2, 0) is 9.59 Å². The number of hydrogen-bond acceptors (Lipinski definition) is 4. The van der Waals surface area contributed by atoms with Gasteiger partial charge < -0.3 is 15.3 Å². The van der Waals surface area contributed by atoms with Crippen LogP contribution in [0.4, 0.5) is 5.69 Å². The van der Waals surface area contributed by atoms with Gasteiger partial charge in [-0.1, -0.05) is 0 Å². The zero-order valence-corrected chi connectivity index (χ0v) is 18.3. The van der Waals surface area contributed by atoms with Gasteiger partial charge in [-0.15, -0.1) is 0 Å². The van der Waals surface area contributed by atoms with E-state index in [2.05, 4.69) is 38.2 Å². The summed E-state index contributed by atoms with van der Waals surface area (Å²) in [6, 6.07) is 3.58. The van der Waals surface area contributed by atoms with Gasteiger partial charge in [-0.3, -0.25) is 9.59 Å². The van der Waals surface area contributed by atoms with E-state index in [1.807, 2.05) is 0 Å². The first-order valence-corrected chi connectivity index (χ1v) is 11.5. The topological polar surface area (TPSA) is 82.5 Å². The van der Waals surface area contributed by atoms with Crippen molar-refractivity contribution in [1.29, 1.82) is 0 Å². The van der Waals surface area contributed by atoms with E-state index in [1.54, 1.807) is 18.3 Å². The predicted octanol–water partition coefficient (Wildman–Crippen LogP) is 3.49. The second kappa shape index (κ2) is 7.05. The van der Waals surface area contributed by atoms with Gasteiger partial charge in [-0.25, -0.2) is 4.98 Å². The molecule has 156 valence electrons. The number of carboxylic acid groups (broad SMARTS) is 1. The fourth-order valence-electron chi connectivity index (χ4n) is 7.26. The highest BCUT2D eigenvalue weighted by Crippen LogP contribution is 2.79. The molecule has 1 saturated heterocycles. The van der Waals surface area contributed by atoms with Crippen LogP contribution in [-0.4, -0.2) is 47.0 Å². The lowest BCUT2D eigenvalue weighted by Crippen LogP contribution is -2.37. The summed E-state index contributed by atoms with van der Waals surface area (Å²) in [5, 5.41) is 13.0. The summed E-state index contributed by atoms with van der Waals surface area (Å²) in [7, 11) is 2.18. The minimum atomic E-state index is -0.792. The maximum absolute atomic E-state index is 13.2. The Morgan fingerprint density at radius 2 is 1.83 bits per heavy atom. The quantitative estimate of drug-likeness (QED) is 0.670. The average molecular weight is 462 g/mol. The predicted molar refractivity (Wildman–Crippen MR) is 112 cm³/mol. The van der Waals surface area contributed by atoms with E-state index in [9.17, 15) is 14.7 Å². The maximum atomic E-state index is 13.2. The number of anilines is 1. The lowest BCUT2D eigenvalue weighted by atomic mass is 9.78. The standard InChI is InChI=1S/C22H28BrN3O3/c1-26-8-6-12(7-9-26)16-10-22(16)14-3-4-15(22)19(21(28)29)18(14)20(27)25-13-2-5-17(23)24-11-13/h2,5,11-12,14-16,18-19H,3-4,6-10H2,1H3,(H,25,27)(H,28,29)/t14-,15+,16?,18+,19+,22?/m0/s1. The van der Waals surface area contributed by atoms with Gasteiger partial charge in [0.05, 0.1) is 23.7 Å². The van der Waals surface area contributed by atoms with Gasteiger partial charge in [0.2, 0.25) is 5.91 Å². The first kappa shape index (κ1) is 19.5. The van der Waals surface area contributed by atoms with Crippen LogP contribution < -0.4 is 5.32 Å². The van der Waals surface area contributed by atoms with E-state index in [0.29, 0.717) is 22.1 Å². The van der Waals surface area contributed by atoms with Crippen molar-refractivity contribution in [3.8, 4) is 0 Å². The Kier molecular flexibility index (Phi) is 4.74. The third-order valence-electron chi connectivity index (χ3n) is 8.44. The maximum Gasteiger partial charge on any atom is 0.307 e. The van der Waals surface area contributed by atoms with Gasteiger partial charge in [0.1, 0.15) is 4.60 Å². The molecule has 5 rings (SSSR count). The summed E-state index contributed by atoms with van der Waals surface area (Å²) in [6.07, 6.45) is 7.12.